The molecule has 0 unspecified atom stereocenters. The second kappa shape index (κ2) is 8.74. The number of hydrogen-bond donors (Lipinski definition) is 4. The van der Waals surface area contributed by atoms with Gasteiger partial charge < -0.3 is 10.8 Å². The van der Waals surface area contributed by atoms with Gasteiger partial charge in [0.05, 0.1) is 21.2 Å². The minimum atomic E-state index is -4.53. The zero-order valence-corrected chi connectivity index (χ0v) is 19.0. The van der Waals surface area contributed by atoms with Crippen LogP contribution in [0, 0.1) is 0 Å². The molecule has 0 aliphatic heterocycles. The summed E-state index contributed by atoms with van der Waals surface area (Å²) in [5, 5.41) is 18.7. The van der Waals surface area contributed by atoms with E-state index in [0.717, 1.165) is 6.07 Å². The van der Waals surface area contributed by atoms with Gasteiger partial charge in [-0.3, -0.25) is 9.27 Å². The summed E-state index contributed by atoms with van der Waals surface area (Å²) in [6.07, 6.45) is 0. The molecule has 12 heteroatoms. The Bertz CT molecular complexity index is 1620. The summed E-state index contributed by atoms with van der Waals surface area (Å²) in [4.78, 5) is -0.445. The van der Waals surface area contributed by atoms with Crippen molar-refractivity contribution in [3.8, 4) is 5.75 Å². The topological polar surface area (TPSA) is 172 Å². The summed E-state index contributed by atoms with van der Waals surface area (Å²) >= 11 is 0. The molecule has 0 fully saturated rings. The van der Waals surface area contributed by atoms with Crippen molar-refractivity contribution in [3.63, 3.8) is 0 Å². The van der Waals surface area contributed by atoms with Crippen LogP contribution in [-0.4, -0.2) is 26.5 Å². The number of aromatic hydroxyl groups is 1. The highest BCUT2D eigenvalue weighted by Crippen LogP contribution is 2.36. The number of nitrogens with zero attached hydrogens (tertiary/aromatic N) is 2. The maximum atomic E-state index is 12.5. The number of phenols is 1. The monoisotopic (exact) mass is 498 g/mol. The minimum Gasteiger partial charge on any atom is -0.507 e. The van der Waals surface area contributed by atoms with Crippen molar-refractivity contribution in [1.29, 1.82) is 0 Å². The maximum Gasteiger partial charge on any atom is 0.294 e. The lowest BCUT2D eigenvalue weighted by Gasteiger charge is -2.08. The number of fused-ring (bicyclic) bond motifs is 1. The molecule has 4 rings (SSSR count). The van der Waals surface area contributed by atoms with Gasteiger partial charge in [0.2, 0.25) is 0 Å². The van der Waals surface area contributed by atoms with Crippen LogP contribution < -0.4 is 10.5 Å². The summed E-state index contributed by atoms with van der Waals surface area (Å²) in [7, 11) is -8.31. The van der Waals surface area contributed by atoms with Gasteiger partial charge in [-0.1, -0.05) is 18.2 Å². The fraction of sp³-hybridized carbons (Fsp3) is 0. The molecule has 0 aromatic heterocycles. The summed E-state index contributed by atoms with van der Waals surface area (Å²) in [5.41, 5.74) is 7.10. The molecule has 0 bridgehead atoms. The summed E-state index contributed by atoms with van der Waals surface area (Å²) in [6, 6.07) is 19.0. The normalized spacial score (nSPS) is 12.3. The van der Waals surface area contributed by atoms with Crippen molar-refractivity contribution in [2.45, 2.75) is 9.79 Å². The van der Waals surface area contributed by atoms with Crippen molar-refractivity contribution in [2.24, 2.45) is 10.2 Å². The first-order valence-corrected chi connectivity index (χ1v) is 12.6. The molecule has 174 valence electrons. The SMILES string of the molecule is Nc1cc2c(O)cc(S(=O)(=O)O)cc2cc1N=Nc1ccc(S(=O)(=O)Nc2ccccc2)cc1. The van der Waals surface area contributed by atoms with Crippen LogP contribution >= 0.6 is 0 Å². The Morgan fingerprint density at radius 2 is 1.47 bits per heavy atom. The number of nitrogens with two attached hydrogens (primary N) is 1. The third-order valence-electron chi connectivity index (χ3n) is 4.80. The molecule has 0 saturated carbocycles. The molecular formula is C22H18N4O6S2. The number of phenolic OH excluding ortho intramolecular Hbond substituents is 1. The van der Waals surface area contributed by atoms with Crippen LogP contribution in [0.1, 0.15) is 0 Å². The number of hydrogen-bond acceptors (Lipinski definition) is 8. The van der Waals surface area contributed by atoms with E-state index in [0.29, 0.717) is 11.4 Å². The van der Waals surface area contributed by atoms with Crippen LogP contribution in [0.2, 0.25) is 0 Å². The lowest BCUT2D eigenvalue weighted by Crippen LogP contribution is -2.12. The van der Waals surface area contributed by atoms with Gasteiger partial charge in [-0.2, -0.15) is 13.5 Å². The van der Waals surface area contributed by atoms with Crippen LogP contribution in [0.15, 0.2) is 98.9 Å². The quantitative estimate of drug-likeness (QED) is 0.171. The summed E-state index contributed by atoms with van der Waals surface area (Å²) < 4.78 is 59.6. The first kappa shape index (κ1) is 23.2. The Hall–Kier alpha value is -4.00. The number of sulfonamides is 1. The zero-order chi connectivity index (χ0) is 24.5. The van der Waals surface area contributed by atoms with Gasteiger partial charge in [0.1, 0.15) is 11.4 Å². The number of para-hydroxylation sites is 1. The third kappa shape index (κ3) is 4.98. The highest BCUT2D eigenvalue weighted by molar-refractivity contribution is 7.92. The molecule has 0 aliphatic carbocycles. The molecule has 5 N–H and O–H groups in total. The smallest absolute Gasteiger partial charge is 0.294 e. The lowest BCUT2D eigenvalue weighted by atomic mass is 10.1. The largest absolute Gasteiger partial charge is 0.507 e. The van der Waals surface area contributed by atoms with E-state index in [-0.39, 0.29) is 32.8 Å². The first-order valence-electron chi connectivity index (χ1n) is 9.66. The predicted octanol–water partition coefficient (Wildman–Crippen LogP) is 4.59. The number of azo groups is 1. The molecular weight excluding hydrogens is 480 g/mol. The molecule has 0 saturated heterocycles. The zero-order valence-electron chi connectivity index (χ0n) is 17.3. The third-order valence-corrected chi connectivity index (χ3v) is 7.02. The molecule has 0 heterocycles. The lowest BCUT2D eigenvalue weighted by molar-refractivity contribution is 0.471. The van der Waals surface area contributed by atoms with E-state index in [1.165, 1.54) is 42.5 Å². The molecule has 0 aliphatic rings. The second-order valence-corrected chi connectivity index (χ2v) is 10.3. The standard InChI is InChI=1S/C22H18N4O6S2/c23-20-13-19-14(10-18(12-22(19)27)34(30,31)32)11-21(20)25-24-15-6-8-17(9-7-15)33(28,29)26-16-4-2-1-3-5-16/h1-13,26-27H,23H2,(H,30,31,32). The van der Waals surface area contributed by atoms with E-state index >= 15 is 0 Å². The van der Waals surface area contributed by atoms with Gasteiger partial charge in [0.25, 0.3) is 20.1 Å². The molecule has 4 aromatic rings. The van der Waals surface area contributed by atoms with Crippen molar-refractivity contribution in [1.82, 2.24) is 0 Å². The number of benzene rings is 4. The Balaban J connectivity index is 1.61. The van der Waals surface area contributed by atoms with E-state index in [1.807, 2.05) is 0 Å². The van der Waals surface area contributed by atoms with E-state index in [4.69, 9.17) is 5.73 Å². The first-order chi connectivity index (χ1) is 16.0. The maximum absolute atomic E-state index is 12.5. The van der Waals surface area contributed by atoms with Gasteiger partial charge >= 0.3 is 0 Å². The van der Waals surface area contributed by atoms with Crippen molar-refractivity contribution >= 4 is 53.7 Å². The van der Waals surface area contributed by atoms with Gasteiger partial charge in [-0.15, -0.1) is 5.11 Å². The number of rotatable bonds is 6. The van der Waals surface area contributed by atoms with Crippen LogP contribution in [0.4, 0.5) is 22.7 Å². The molecule has 34 heavy (non-hydrogen) atoms. The number of anilines is 2. The summed E-state index contributed by atoms with van der Waals surface area (Å²) in [6.45, 7) is 0. The van der Waals surface area contributed by atoms with Crippen LogP contribution in [0.5, 0.6) is 5.75 Å². The molecule has 0 atom stereocenters. The van der Waals surface area contributed by atoms with Crippen molar-refractivity contribution in [3.05, 3.63) is 78.9 Å². The summed E-state index contributed by atoms with van der Waals surface area (Å²) in [5.74, 6) is -0.374. The van der Waals surface area contributed by atoms with Crippen LogP contribution in [-0.2, 0) is 20.1 Å². The number of nitrogen functional groups attached to an aromatic ring is 1. The van der Waals surface area contributed by atoms with Gasteiger partial charge in [-0.05, 0) is 60.0 Å². The van der Waals surface area contributed by atoms with E-state index in [1.54, 1.807) is 30.3 Å². The Labute approximate surface area is 195 Å². The fourth-order valence-corrected chi connectivity index (χ4v) is 4.72. The second-order valence-electron chi connectivity index (χ2n) is 7.22. The van der Waals surface area contributed by atoms with Gasteiger partial charge in [-0.25, -0.2) is 8.42 Å². The molecule has 0 radical (unpaired) electrons. The Kier molecular flexibility index (Phi) is 5.96. The molecule has 4 aromatic carbocycles. The highest BCUT2D eigenvalue weighted by atomic mass is 32.2. The highest BCUT2D eigenvalue weighted by Gasteiger charge is 2.15. The van der Waals surface area contributed by atoms with Crippen molar-refractivity contribution < 1.29 is 26.5 Å². The molecule has 0 amide bonds. The average Bonchev–Trinajstić information content (AvgIpc) is 2.78. The number of nitrogens with one attached hydrogen (secondary N) is 1. The van der Waals surface area contributed by atoms with Gasteiger partial charge in [0, 0.05) is 17.1 Å². The molecule has 10 nitrogen and oxygen atoms in total. The predicted molar refractivity (Wildman–Crippen MR) is 128 cm³/mol. The minimum absolute atomic E-state index is 0.0359. The van der Waals surface area contributed by atoms with E-state index in [2.05, 4.69) is 15.0 Å². The molecule has 0 spiro atoms. The fourth-order valence-electron chi connectivity index (χ4n) is 3.13. The van der Waals surface area contributed by atoms with Gasteiger partial charge in [0.15, 0.2) is 0 Å². The van der Waals surface area contributed by atoms with Crippen molar-refractivity contribution in [2.75, 3.05) is 10.5 Å². The van der Waals surface area contributed by atoms with Crippen LogP contribution in [0.3, 0.4) is 0 Å². The van der Waals surface area contributed by atoms with Crippen LogP contribution in [0.25, 0.3) is 10.8 Å². The van der Waals surface area contributed by atoms with E-state index < -0.39 is 25.0 Å². The van der Waals surface area contributed by atoms with E-state index in [9.17, 15) is 26.5 Å². The Morgan fingerprint density at radius 1 is 0.794 bits per heavy atom. The Morgan fingerprint density at radius 3 is 2.12 bits per heavy atom. The average molecular weight is 499 g/mol.